The van der Waals surface area contributed by atoms with Crippen molar-refractivity contribution in [2.75, 3.05) is 25.0 Å². The minimum atomic E-state index is -4.27. The molecule has 46 heavy (non-hydrogen) atoms. The number of aliphatic hydroxyl groups is 1. The van der Waals surface area contributed by atoms with E-state index in [1.165, 1.54) is 12.4 Å². The topological polar surface area (TPSA) is 119 Å². The average Bonchev–Trinajstić information content (AvgIpc) is 3.59. The van der Waals surface area contributed by atoms with Crippen LogP contribution in [0.5, 0.6) is 0 Å². The third-order valence-corrected chi connectivity index (χ3v) is 9.89. The van der Waals surface area contributed by atoms with E-state index in [1.807, 2.05) is 23.6 Å². The standard InChI is InChI=1S/C33H38F3N7O2S/c1-4-29(44)38-11-10-32(45,5-2)19-43-24(17-37)14-26-21(3)22(6-7-28(26)43)18-42-12-8-23(9-13-42)41-30-27-15-25(16-33(34,35)36)46-31(27)40-20-39-30/h4,6-7,14-15,20,23,45H,1,5,8-13,16,18-19H2,2-3H3,(H,38,44)(H,39,40,41). The van der Waals surface area contributed by atoms with Crippen LogP contribution in [0.2, 0.25) is 0 Å². The van der Waals surface area contributed by atoms with Gasteiger partial charge in [0.15, 0.2) is 0 Å². The Balaban J connectivity index is 1.24. The Morgan fingerprint density at radius 1 is 1.24 bits per heavy atom. The molecular weight excluding hydrogens is 615 g/mol. The molecule has 4 aromatic rings. The Labute approximate surface area is 269 Å². The molecule has 13 heteroatoms. The lowest BCUT2D eigenvalue weighted by Crippen LogP contribution is -2.39. The molecule has 1 saturated heterocycles. The predicted octanol–water partition coefficient (Wildman–Crippen LogP) is 5.84. The molecule has 3 N–H and O–H groups in total. The van der Waals surface area contributed by atoms with Gasteiger partial charge in [0.25, 0.3) is 0 Å². The van der Waals surface area contributed by atoms with Gasteiger partial charge >= 0.3 is 6.18 Å². The Kier molecular flexibility index (Phi) is 10.0. The molecule has 1 amide bonds. The summed E-state index contributed by atoms with van der Waals surface area (Å²) in [6.07, 6.45) is -0.160. The van der Waals surface area contributed by atoms with Crippen LogP contribution in [0, 0.1) is 18.3 Å². The Morgan fingerprint density at radius 2 is 2.00 bits per heavy atom. The third kappa shape index (κ3) is 7.68. The van der Waals surface area contributed by atoms with Gasteiger partial charge in [0.1, 0.15) is 28.7 Å². The number of carbonyl (C=O) groups is 1. The van der Waals surface area contributed by atoms with Gasteiger partial charge < -0.3 is 20.3 Å². The summed E-state index contributed by atoms with van der Waals surface area (Å²) in [5.74, 6) is 0.280. The summed E-state index contributed by atoms with van der Waals surface area (Å²) in [5, 5.41) is 29.0. The lowest BCUT2D eigenvalue weighted by atomic mass is 9.96. The second-order valence-corrected chi connectivity index (χ2v) is 13.1. The van der Waals surface area contributed by atoms with Crippen LogP contribution in [0.1, 0.15) is 54.3 Å². The van der Waals surface area contributed by atoms with Crippen molar-refractivity contribution < 1.29 is 23.1 Å². The minimum Gasteiger partial charge on any atom is -0.388 e. The number of nitrogens with one attached hydrogen (secondary N) is 2. The van der Waals surface area contributed by atoms with Crippen LogP contribution in [-0.4, -0.2) is 67.9 Å². The fraction of sp³-hybridized carbons (Fsp3) is 0.455. The molecule has 4 heterocycles. The normalized spacial score (nSPS) is 15.9. The molecule has 5 rings (SSSR count). The summed E-state index contributed by atoms with van der Waals surface area (Å²) < 4.78 is 40.6. The second kappa shape index (κ2) is 13.8. The van der Waals surface area contributed by atoms with E-state index in [9.17, 15) is 28.3 Å². The van der Waals surface area contributed by atoms with Gasteiger partial charge in [-0.1, -0.05) is 19.6 Å². The first-order chi connectivity index (χ1) is 21.9. The number of hydrogen-bond acceptors (Lipinski definition) is 8. The molecule has 3 aromatic heterocycles. The smallest absolute Gasteiger partial charge is 0.388 e. The second-order valence-electron chi connectivity index (χ2n) is 12.0. The van der Waals surface area contributed by atoms with E-state index in [1.54, 1.807) is 6.07 Å². The average molecular weight is 654 g/mol. The molecule has 0 saturated carbocycles. The van der Waals surface area contributed by atoms with Crippen molar-refractivity contribution in [1.82, 2.24) is 24.8 Å². The lowest BCUT2D eigenvalue weighted by Gasteiger charge is -2.33. The molecule has 0 bridgehead atoms. The molecule has 9 nitrogen and oxygen atoms in total. The number of likely N-dealkylation sites (tertiary alicyclic amines) is 1. The van der Waals surface area contributed by atoms with Crippen molar-refractivity contribution in [2.45, 2.75) is 76.9 Å². The van der Waals surface area contributed by atoms with Crippen LogP contribution in [-0.2, 0) is 24.3 Å². The molecule has 244 valence electrons. The van der Waals surface area contributed by atoms with Crippen LogP contribution in [0.3, 0.4) is 0 Å². The van der Waals surface area contributed by atoms with Gasteiger partial charge in [-0.05, 0) is 68.0 Å². The van der Waals surface area contributed by atoms with E-state index in [-0.39, 0.29) is 23.4 Å². The summed E-state index contributed by atoms with van der Waals surface area (Å²) in [6.45, 7) is 10.3. The maximum absolute atomic E-state index is 12.9. The summed E-state index contributed by atoms with van der Waals surface area (Å²) >= 11 is 1.05. The number of piperidine rings is 1. The number of nitrogens with zero attached hydrogens (tertiary/aromatic N) is 5. The first-order valence-electron chi connectivity index (χ1n) is 15.4. The number of aryl methyl sites for hydroxylation is 1. The molecule has 1 aliphatic heterocycles. The van der Waals surface area contributed by atoms with E-state index in [2.05, 4.69) is 51.1 Å². The van der Waals surface area contributed by atoms with Crippen molar-refractivity contribution in [3.05, 3.63) is 64.9 Å². The predicted molar refractivity (Wildman–Crippen MR) is 174 cm³/mol. The number of anilines is 1. The number of carbonyl (C=O) groups excluding carboxylic acids is 1. The maximum Gasteiger partial charge on any atom is 0.393 e. The highest BCUT2D eigenvalue weighted by Gasteiger charge is 2.30. The Bertz CT molecular complexity index is 1770. The van der Waals surface area contributed by atoms with Crippen LogP contribution in [0.15, 0.2) is 43.2 Å². The highest BCUT2D eigenvalue weighted by molar-refractivity contribution is 7.18. The number of aromatic nitrogens is 3. The fourth-order valence-corrected chi connectivity index (χ4v) is 7.11. The zero-order valence-corrected chi connectivity index (χ0v) is 26.8. The maximum atomic E-state index is 12.9. The molecule has 0 radical (unpaired) electrons. The van der Waals surface area contributed by atoms with Crippen molar-refractivity contribution in [3.63, 3.8) is 0 Å². The van der Waals surface area contributed by atoms with E-state index < -0.39 is 18.2 Å². The number of benzene rings is 1. The Morgan fingerprint density at radius 3 is 2.67 bits per heavy atom. The molecule has 1 aromatic carbocycles. The van der Waals surface area contributed by atoms with Crippen LogP contribution in [0.25, 0.3) is 21.1 Å². The number of hydrogen-bond donors (Lipinski definition) is 3. The number of amides is 1. The van der Waals surface area contributed by atoms with Gasteiger partial charge in [-0.15, -0.1) is 11.3 Å². The van der Waals surface area contributed by atoms with Gasteiger partial charge in [-0.2, -0.15) is 18.4 Å². The van der Waals surface area contributed by atoms with Gasteiger partial charge in [0.2, 0.25) is 5.91 Å². The van der Waals surface area contributed by atoms with Crippen molar-refractivity contribution in [1.29, 1.82) is 5.26 Å². The third-order valence-electron chi connectivity index (χ3n) is 8.84. The van der Waals surface area contributed by atoms with E-state index in [4.69, 9.17) is 0 Å². The van der Waals surface area contributed by atoms with Crippen molar-refractivity contribution in [3.8, 4) is 6.07 Å². The SMILES string of the molecule is C=CC(=O)NCCC(O)(CC)Cn1c(C#N)cc2c(C)c(CN3CCC(Nc4ncnc5sc(CC(F)(F)F)cc45)CC3)ccc21. The van der Waals surface area contributed by atoms with Gasteiger partial charge in [-0.3, -0.25) is 9.69 Å². The molecule has 1 fully saturated rings. The van der Waals surface area contributed by atoms with E-state index in [0.717, 1.165) is 65.8 Å². The van der Waals surface area contributed by atoms with Crippen molar-refractivity contribution >= 4 is 44.2 Å². The molecule has 1 aliphatic rings. The minimum absolute atomic E-state index is 0.138. The summed E-state index contributed by atoms with van der Waals surface area (Å²) in [6, 6.07) is 9.94. The van der Waals surface area contributed by atoms with Gasteiger partial charge in [0.05, 0.1) is 24.0 Å². The van der Waals surface area contributed by atoms with Crippen molar-refractivity contribution in [2.24, 2.45) is 0 Å². The number of alkyl halides is 3. The zero-order valence-electron chi connectivity index (χ0n) is 26.0. The highest BCUT2D eigenvalue weighted by atomic mass is 32.1. The number of fused-ring (bicyclic) bond motifs is 2. The molecule has 0 spiro atoms. The largest absolute Gasteiger partial charge is 0.393 e. The monoisotopic (exact) mass is 653 g/mol. The first-order valence-corrected chi connectivity index (χ1v) is 16.2. The molecule has 0 aliphatic carbocycles. The Hall–Kier alpha value is -3.99. The quantitative estimate of drug-likeness (QED) is 0.164. The number of nitriles is 1. The highest BCUT2D eigenvalue weighted by Crippen LogP contribution is 2.34. The number of halogens is 3. The number of rotatable bonds is 12. The zero-order chi connectivity index (χ0) is 33.1. The lowest BCUT2D eigenvalue weighted by molar-refractivity contribution is -0.126. The molecule has 1 atom stereocenters. The van der Waals surface area contributed by atoms with Gasteiger partial charge in [-0.25, -0.2) is 9.97 Å². The molecular formula is C33H38F3N7O2S. The van der Waals surface area contributed by atoms with E-state index in [0.29, 0.717) is 41.1 Å². The van der Waals surface area contributed by atoms with Gasteiger partial charge in [0, 0.05) is 48.0 Å². The fourth-order valence-electron chi connectivity index (χ4n) is 6.08. The summed E-state index contributed by atoms with van der Waals surface area (Å²) in [7, 11) is 0. The number of thiophene rings is 1. The summed E-state index contributed by atoms with van der Waals surface area (Å²) in [4.78, 5) is 23.2. The van der Waals surface area contributed by atoms with Crippen LogP contribution in [0.4, 0.5) is 19.0 Å². The van der Waals surface area contributed by atoms with Crippen LogP contribution >= 0.6 is 11.3 Å². The molecule has 1 unspecified atom stereocenters. The first kappa shape index (κ1) is 33.4. The van der Waals surface area contributed by atoms with E-state index >= 15 is 0 Å². The van der Waals surface area contributed by atoms with Crippen LogP contribution < -0.4 is 10.6 Å². The summed E-state index contributed by atoms with van der Waals surface area (Å²) in [5.41, 5.74) is 2.49.